The molecule has 0 radical (unpaired) electrons. The number of halogens is 1. The van der Waals surface area contributed by atoms with Crippen molar-refractivity contribution in [2.24, 2.45) is 0 Å². The van der Waals surface area contributed by atoms with E-state index in [-0.39, 0.29) is 29.9 Å². The first kappa shape index (κ1) is 15.1. The molecule has 0 aromatic heterocycles. The van der Waals surface area contributed by atoms with Crippen molar-refractivity contribution in [2.75, 3.05) is 7.11 Å². The van der Waals surface area contributed by atoms with E-state index in [9.17, 15) is 4.79 Å². The summed E-state index contributed by atoms with van der Waals surface area (Å²) < 4.78 is 4.44. The van der Waals surface area contributed by atoms with E-state index in [0.29, 0.717) is 0 Å². The number of carbonyl (C=O) groups excluding carboxylic acids is 1. The van der Waals surface area contributed by atoms with Crippen LogP contribution in [0.2, 0.25) is 5.02 Å². The molecule has 0 aliphatic rings. The molecule has 0 unspecified atom stereocenters. The molecule has 2 nitrogen and oxygen atoms in total. The van der Waals surface area contributed by atoms with E-state index in [1.807, 2.05) is 6.08 Å². The second-order valence-electron chi connectivity index (χ2n) is 2.27. The van der Waals surface area contributed by atoms with Crippen LogP contribution < -0.4 is 24.0 Å². The topological polar surface area (TPSA) is 26.3 Å². The molecule has 0 heterocycles. The zero-order chi connectivity index (χ0) is 8.53. The molecule has 0 aromatic rings. The first-order valence-electron chi connectivity index (χ1n) is 3.85. The van der Waals surface area contributed by atoms with Gasteiger partial charge in [-0.25, -0.2) is 0 Å². The Labute approximate surface area is 101 Å². The Bertz CT molecular complexity index is 137. The van der Waals surface area contributed by atoms with Crippen molar-refractivity contribution in [1.82, 2.24) is 0 Å². The summed E-state index contributed by atoms with van der Waals surface area (Å²) in [6.07, 6.45) is 6.83. The first-order valence-corrected chi connectivity index (χ1v) is 5.94. The Balaban J connectivity index is 0. The summed E-state index contributed by atoms with van der Waals surface area (Å²) >= 11 is 1.38. The number of rotatable bonds is 5. The Morgan fingerprint density at radius 1 is 1.50 bits per heavy atom. The molecule has 0 spiro atoms. The molecule has 0 bridgehead atoms. The van der Waals surface area contributed by atoms with Crippen LogP contribution in [0.4, 0.5) is 0 Å². The van der Waals surface area contributed by atoms with Gasteiger partial charge in [-0.2, -0.15) is 0 Å². The van der Waals surface area contributed by atoms with Crippen LogP contribution in [0.3, 0.4) is 0 Å². The zero-order valence-corrected chi connectivity index (χ0v) is 12.5. The van der Waals surface area contributed by atoms with Gasteiger partial charge in [0.15, 0.2) is 0 Å². The number of hydrogen-bond donors (Lipinski definition) is 0. The molecule has 12 heavy (non-hydrogen) atoms. The standard InChI is InChI=1S/C8H13O2.HI.Zn/c1-3-4-5-6-7-8(9)10-2;;/h6-7H,1,3-5H2,2H3;1H;/q;;+1/p-1/b7-6+;;. The third-order valence-electron chi connectivity index (χ3n) is 1.33. The smallest absolute Gasteiger partial charge is 1.00 e. The number of hydrogen-bond acceptors (Lipinski definition) is 2. The summed E-state index contributed by atoms with van der Waals surface area (Å²) in [6, 6.07) is 0. The quantitative estimate of drug-likeness (QED) is 0.209. The number of unbranched alkanes of at least 4 members (excludes halogenated alkanes) is 2. The molecule has 0 aromatic carbocycles. The van der Waals surface area contributed by atoms with E-state index >= 15 is 0 Å². The molecular weight excluding hydrogens is 320 g/mol. The Morgan fingerprint density at radius 3 is 2.67 bits per heavy atom. The van der Waals surface area contributed by atoms with Gasteiger partial charge in [-0.1, -0.05) is 0 Å². The van der Waals surface area contributed by atoms with Crippen molar-refractivity contribution in [1.29, 1.82) is 0 Å². The van der Waals surface area contributed by atoms with Crippen molar-refractivity contribution < 1.29 is 51.8 Å². The van der Waals surface area contributed by atoms with Gasteiger partial charge in [0.2, 0.25) is 0 Å². The first-order chi connectivity index (χ1) is 5.31. The second kappa shape index (κ2) is 11.6. The number of methoxy groups -OCH3 is 1. The predicted molar refractivity (Wildman–Crippen MR) is 39.8 cm³/mol. The van der Waals surface area contributed by atoms with Crippen LogP contribution in [-0.4, -0.2) is 13.1 Å². The zero-order valence-electron chi connectivity index (χ0n) is 7.38. The SMILES string of the molecule is COC(=O)/C=C/CCC[CH2][Zn+].[I-]. The van der Waals surface area contributed by atoms with Crippen LogP contribution in [0.25, 0.3) is 0 Å². The van der Waals surface area contributed by atoms with Crippen LogP contribution in [0.1, 0.15) is 19.3 Å². The molecule has 66 valence electrons. The van der Waals surface area contributed by atoms with Gasteiger partial charge in [0.1, 0.15) is 0 Å². The molecule has 0 aliphatic carbocycles. The van der Waals surface area contributed by atoms with Gasteiger partial charge in [0.05, 0.1) is 0 Å². The molecule has 0 saturated carbocycles. The van der Waals surface area contributed by atoms with Crippen LogP contribution in [0, 0.1) is 0 Å². The Kier molecular flexibility index (Phi) is 14.5. The summed E-state index contributed by atoms with van der Waals surface area (Å²) in [5.41, 5.74) is 0. The van der Waals surface area contributed by atoms with Crippen molar-refractivity contribution in [3.8, 4) is 0 Å². The molecule has 0 rings (SSSR count). The second-order valence-corrected chi connectivity index (χ2v) is 3.76. The maximum absolute atomic E-state index is 10.5. The summed E-state index contributed by atoms with van der Waals surface area (Å²) in [5.74, 6) is -0.255. The molecule has 4 heteroatoms. The van der Waals surface area contributed by atoms with Gasteiger partial charge >= 0.3 is 77.3 Å². The number of ether oxygens (including phenoxy) is 1. The maximum atomic E-state index is 10.5. The molecule has 0 saturated heterocycles. The molecular formula is C8H13IO2Zn. The third kappa shape index (κ3) is 10.6. The van der Waals surface area contributed by atoms with E-state index < -0.39 is 0 Å². The number of allylic oxidation sites excluding steroid dienone is 1. The fourth-order valence-electron chi connectivity index (χ4n) is 0.687. The van der Waals surface area contributed by atoms with Crippen molar-refractivity contribution in [3.05, 3.63) is 12.2 Å². The van der Waals surface area contributed by atoms with Crippen LogP contribution in [0.15, 0.2) is 12.2 Å². The average Bonchev–Trinajstić information content (AvgIpc) is 2.04. The summed E-state index contributed by atoms with van der Waals surface area (Å²) in [4.78, 5) is 10.5. The van der Waals surface area contributed by atoms with Gasteiger partial charge in [0, 0.05) is 0 Å². The van der Waals surface area contributed by atoms with Gasteiger partial charge in [-0.3, -0.25) is 0 Å². The minimum atomic E-state index is -0.255. The monoisotopic (exact) mass is 332 g/mol. The van der Waals surface area contributed by atoms with Gasteiger partial charge in [-0.05, 0) is 0 Å². The van der Waals surface area contributed by atoms with Gasteiger partial charge in [-0.15, -0.1) is 0 Å². The fraction of sp³-hybridized carbons (Fsp3) is 0.625. The molecule has 0 amide bonds. The Morgan fingerprint density at radius 2 is 2.17 bits per heavy atom. The average molecular weight is 333 g/mol. The van der Waals surface area contributed by atoms with Crippen molar-refractivity contribution in [3.63, 3.8) is 0 Å². The number of esters is 1. The molecule has 0 aliphatic heterocycles. The predicted octanol–water partition coefficient (Wildman–Crippen LogP) is -1.14. The van der Waals surface area contributed by atoms with Gasteiger partial charge < -0.3 is 24.0 Å². The van der Waals surface area contributed by atoms with E-state index in [1.165, 1.54) is 49.3 Å². The normalized spacial score (nSPS) is 9.58. The van der Waals surface area contributed by atoms with E-state index in [0.717, 1.165) is 6.42 Å². The van der Waals surface area contributed by atoms with E-state index in [2.05, 4.69) is 4.74 Å². The van der Waals surface area contributed by atoms with E-state index in [4.69, 9.17) is 0 Å². The molecule has 0 atom stereocenters. The minimum absolute atomic E-state index is 0. The van der Waals surface area contributed by atoms with E-state index in [1.54, 1.807) is 0 Å². The maximum Gasteiger partial charge on any atom is -1.00 e. The summed E-state index contributed by atoms with van der Waals surface area (Å²) in [5, 5.41) is 1.34. The van der Waals surface area contributed by atoms with Crippen LogP contribution >= 0.6 is 0 Å². The van der Waals surface area contributed by atoms with Crippen molar-refractivity contribution in [2.45, 2.75) is 24.3 Å². The summed E-state index contributed by atoms with van der Waals surface area (Å²) in [6.45, 7) is 0. The minimum Gasteiger partial charge on any atom is -1.00 e. The molecule has 0 N–H and O–H groups in total. The van der Waals surface area contributed by atoms with Gasteiger partial charge in [0.25, 0.3) is 0 Å². The van der Waals surface area contributed by atoms with Crippen molar-refractivity contribution >= 4 is 5.97 Å². The van der Waals surface area contributed by atoms with Crippen LogP contribution in [-0.2, 0) is 27.8 Å². The Hall–Kier alpha value is 0.563. The molecule has 0 fully saturated rings. The summed E-state index contributed by atoms with van der Waals surface area (Å²) in [7, 11) is 1.39. The fourth-order valence-corrected chi connectivity index (χ4v) is 1.43. The third-order valence-corrected chi connectivity index (χ3v) is 2.37. The van der Waals surface area contributed by atoms with Crippen LogP contribution in [0.5, 0.6) is 0 Å². The largest absolute Gasteiger partial charge is 1.00 e. The number of carbonyl (C=O) groups is 1.